The molecule has 2 heterocycles. The second-order valence-corrected chi connectivity index (χ2v) is 6.06. The summed E-state index contributed by atoms with van der Waals surface area (Å²) in [4.78, 5) is 10.5. The Kier molecular flexibility index (Phi) is 4.55. The summed E-state index contributed by atoms with van der Waals surface area (Å²) in [5.41, 5.74) is 1.13. The molecule has 4 heteroatoms. The number of aryl methyl sites for hydroxylation is 1. The molecule has 0 radical (unpaired) electrons. The van der Waals surface area contributed by atoms with E-state index in [0.29, 0.717) is 5.92 Å². The first-order valence-electron chi connectivity index (χ1n) is 6.52. The molecule has 98 valence electrons. The molecule has 18 heavy (non-hydrogen) atoms. The molecule has 0 aliphatic carbocycles. The zero-order chi connectivity index (χ0) is 13.0. The number of thiophene rings is 1. The number of nitrogens with one attached hydrogen (secondary N) is 2. The number of aromatic nitrogens is 2. The van der Waals surface area contributed by atoms with Gasteiger partial charge in [0.25, 0.3) is 0 Å². The monoisotopic (exact) mass is 263 g/mol. The normalized spacial score (nSPS) is 11.3. The van der Waals surface area contributed by atoms with E-state index in [4.69, 9.17) is 0 Å². The first-order valence-corrected chi connectivity index (χ1v) is 7.34. The predicted octanol–water partition coefficient (Wildman–Crippen LogP) is 3.45. The summed E-state index contributed by atoms with van der Waals surface area (Å²) >= 11 is 1.84. The summed E-state index contributed by atoms with van der Waals surface area (Å²) in [5, 5.41) is 3.39. The summed E-state index contributed by atoms with van der Waals surface area (Å²) in [7, 11) is 0. The third kappa shape index (κ3) is 3.43. The maximum atomic E-state index is 4.41. The largest absolute Gasteiger partial charge is 0.340 e. The van der Waals surface area contributed by atoms with Gasteiger partial charge in [-0.25, -0.2) is 4.98 Å². The average Bonchev–Trinajstić information content (AvgIpc) is 2.95. The van der Waals surface area contributed by atoms with E-state index < -0.39 is 0 Å². The Morgan fingerprint density at radius 2 is 2.22 bits per heavy atom. The number of nitrogens with zero attached hydrogens (tertiary/aromatic N) is 1. The summed E-state index contributed by atoms with van der Waals surface area (Å²) in [6.45, 7) is 8.43. The highest BCUT2D eigenvalue weighted by atomic mass is 32.1. The van der Waals surface area contributed by atoms with Crippen molar-refractivity contribution in [2.24, 2.45) is 5.92 Å². The molecule has 0 atom stereocenters. The summed E-state index contributed by atoms with van der Waals surface area (Å²) in [5.74, 6) is 1.68. The Morgan fingerprint density at radius 3 is 2.89 bits per heavy atom. The lowest BCUT2D eigenvalue weighted by Crippen LogP contribution is -2.19. The van der Waals surface area contributed by atoms with Gasteiger partial charge in [-0.1, -0.05) is 20.8 Å². The lowest BCUT2D eigenvalue weighted by atomic mass is 10.2. The van der Waals surface area contributed by atoms with Crippen molar-refractivity contribution in [1.29, 1.82) is 0 Å². The maximum absolute atomic E-state index is 4.41. The molecule has 0 unspecified atom stereocenters. The van der Waals surface area contributed by atoms with Gasteiger partial charge in [0.05, 0.1) is 23.3 Å². The van der Waals surface area contributed by atoms with Crippen LogP contribution in [0.15, 0.2) is 18.3 Å². The van der Waals surface area contributed by atoms with Crippen LogP contribution in [0.1, 0.15) is 31.5 Å². The highest BCUT2D eigenvalue weighted by molar-refractivity contribution is 7.15. The summed E-state index contributed by atoms with van der Waals surface area (Å²) < 4.78 is 0. The number of hydrogen-bond acceptors (Lipinski definition) is 3. The maximum Gasteiger partial charge on any atom is 0.120 e. The Bertz CT molecular complexity index is 485. The van der Waals surface area contributed by atoms with Crippen molar-refractivity contribution in [3.8, 4) is 10.6 Å². The van der Waals surface area contributed by atoms with E-state index in [1.54, 1.807) is 0 Å². The lowest BCUT2D eigenvalue weighted by molar-refractivity contribution is 0.545. The fourth-order valence-corrected chi connectivity index (χ4v) is 2.68. The SMILES string of the molecule is CCc1ccc(-c2cnc(CNCC(C)C)[nH]2)s1. The number of rotatable bonds is 6. The molecule has 0 aliphatic rings. The van der Waals surface area contributed by atoms with Gasteiger partial charge in [-0.15, -0.1) is 11.3 Å². The van der Waals surface area contributed by atoms with Gasteiger partial charge in [0, 0.05) is 4.88 Å². The number of imidazole rings is 1. The smallest absolute Gasteiger partial charge is 0.120 e. The molecule has 0 bridgehead atoms. The zero-order valence-corrected chi connectivity index (χ0v) is 12.1. The number of H-pyrrole nitrogens is 1. The first kappa shape index (κ1) is 13.3. The minimum Gasteiger partial charge on any atom is -0.340 e. The summed E-state index contributed by atoms with van der Waals surface area (Å²) in [6.07, 6.45) is 3.03. The van der Waals surface area contributed by atoms with Crippen LogP contribution in [0, 0.1) is 5.92 Å². The third-order valence-electron chi connectivity index (χ3n) is 2.75. The summed E-state index contributed by atoms with van der Waals surface area (Å²) in [6, 6.07) is 4.36. The van der Waals surface area contributed by atoms with Crippen LogP contribution in [0.2, 0.25) is 0 Å². The van der Waals surface area contributed by atoms with E-state index >= 15 is 0 Å². The zero-order valence-electron chi connectivity index (χ0n) is 11.3. The molecular weight excluding hydrogens is 242 g/mol. The van der Waals surface area contributed by atoms with Crippen LogP contribution in [0.4, 0.5) is 0 Å². The topological polar surface area (TPSA) is 40.7 Å². The van der Waals surface area contributed by atoms with Gasteiger partial charge >= 0.3 is 0 Å². The lowest BCUT2D eigenvalue weighted by Gasteiger charge is -2.04. The Labute approximate surface area is 113 Å². The predicted molar refractivity (Wildman–Crippen MR) is 77.8 cm³/mol. The van der Waals surface area contributed by atoms with E-state index in [2.05, 4.69) is 48.2 Å². The molecule has 0 spiro atoms. The molecule has 2 aromatic heterocycles. The second-order valence-electron chi connectivity index (χ2n) is 4.89. The van der Waals surface area contributed by atoms with Crippen LogP contribution in [0.3, 0.4) is 0 Å². The van der Waals surface area contributed by atoms with Crippen molar-refractivity contribution in [2.75, 3.05) is 6.54 Å². The van der Waals surface area contributed by atoms with E-state index in [1.807, 2.05) is 17.5 Å². The minimum absolute atomic E-state index is 0.670. The standard InChI is InChI=1S/C14H21N3S/c1-4-11-5-6-13(18-11)12-8-16-14(17-12)9-15-7-10(2)3/h5-6,8,10,15H,4,7,9H2,1-3H3,(H,16,17). The van der Waals surface area contributed by atoms with Crippen LogP contribution in [0.5, 0.6) is 0 Å². The first-order chi connectivity index (χ1) is 8.69. The van der Waals surface area contributed by atoms with Crippen molar-refractivity contribution in [2.45, 2.75) is 33.7 Å². The van der Waals surface area contributed by atoms with Crippen molar-refractivity contribution in [1.82, 2.24) is 15.3 Å². The van der Waals surface area contributed by atoms with E-state index in [9.17, 15) is 0 Å². The second kappa shape index (κ2) is 6.16. The Morgan fingerprint density at radius 1 is 1.39 bits per heavy atom. The molecule has 2 rings (SSSR count). The molecule has 0 amide bonds. The van der Waals surface area contributed by atoms with Gasteiger partial charge in [-0.05, 0) is 31.0 Å². The van der Waals surface area contributed by atoms with Crippen molar-refractivity contribution < 1.29 is 0 Å². The quantitative estimate of drug-likeness (QED) is 0.838. The average molecular weight is 263 g/mol. The molecule has 0 fully saturated rings. The molecule has 2 aromatic rings. The van der Waals surface area contributed by atoms with Crippen molar-refractivity contribution >= 4 is 11.3 Å². The molecule has 0 aliphatic heterocycles. The van der Waals surface area contributed by atoms with Gasteiger partial charge < -0.3 is 10.3 Å². The molecule has 2 N–H and O–H groups in total. The van der Waals surface area contributed by atoms with Crippen LogP contribution in [0.25, 0.3) is 10.6 Å². The Hall–Kier alpha value is -1.13. The highest BCUT2D eigenvalue weighted by Gasteiger charge is 2.06. The molecule has 3 nitrogen and oxygen atoms in total. The van der Waals surface area contributed by atoms with Gasteiger partial charge in [0.15, 0.2) is 0 Å². The molecule has 0 saturated heterocycles. The fourth-order valence-electron chi connectivity index (χ4n) is 1.77. The fraction of sp³-hybridized carbons (Fsp3) is 0.500. The van der Waals surface area contributed by atoms with Crippen LogP contribution < -0.4 is 5.32 Å². The van der Waals surface area contributed by atoms with Gasteiger partial charge in [-0.2, -0.15) is 0 Å². The van der Waals surface area contributed by atoms with Crippen molar-refractivity contribution in [3.05, 3.63) is 29.0 Å². The van der Waals surface area contributed by atoms with E-state index in [1.165, 1.54) is 9.75 Å². The van der Waals surface area contributed by atoms with Gasteiger partial charge in [-0.3, -0.25) is 0 Å². The number of hydrogen-bond donors (Lipinski definition) is 2. The minimum atomic E-state index is 0.670. The third-order valence-corrected chi connectivity index (χ3v) is 4.01. The molecule has 0 aromatic carbocycles. The van der Waals surface area contributed by atoms with Crippen LogP contribution >= 0.6 is 11.3 Å². The highest BCUT2D eigenvalue weighted by Crippen LogP contribution is 2.26. The van der Waals surface area contributed by atoms with Gasteiger partial charge in [0.2, 0.25) is 0 Å². The van der Waals surface area contributed by atoms with Gasteiger partial charge in [0.1, 0.15) is 5.82 Å². The van der Waals surface area contributed by atoms with Crippen LogP contribution in [-0.4, -0.2) is 16.5 Å². The molecular formula is C14H21N3S. The molecule has 0 saturated carbocycles. The van der Waals surface area contributed by atoms with E-state index in [0.717, 1.165) is 31.0 Å². The van der Waals surface area contributed by atoms with Crippen LogP contribution in [-0.2, 0) is 13.0 Å². The van der Waals surface area contributed by atoms with E-state index in [-0.39, 0.29) is 0 Å². The Balaban J connectivity index is 1.97. The van der Waals surface area contributed by atoms with Crippen molar-refractivity contribution in [3.63, 3.8) is 0 Å². The number of aromatic amines is 1.